The molecule has 1 aromatic carbocycles. The molecule has 0 fully saturated rings. The number of hydrogen-bond donors (Lipinski definition) is 1. The number of nitrogens with zero attached hydrogens (tertiary/aromatic N) is 1. The van der Waals surface area contributed by atoms with E-state index in [1.807, 2.05) is 6.08 Å². The van der Waals surface area contributed by atoms with Crippen LogP contribution in [0.3, 0.4) is 0 Å². The van der Waals surface area contributed by atoms with Gasteiger partial charge in [-0.1, -0.05) is 35.9 Å². The molecule has 0 radical (unpaired) electrons. The summed E-state index contributed by atoms with van der Waals surface area (Å²) < 4.78 is 2.31. The molecule has 20 heavy (non-hydrogen) atoms. The summed E-state index contributed by atoms with van der Waals surface area (Å²) in [4.78, 5) is 3.35. The number of H-pyrrole nitrogens is 1. The van der Waals surface area contributed by atoms with Gasteiger partial charge in [0.15, 0.2) is 11.0 Å². The molecule has 0 amide bonds. The predicted octanol–water partition coefficient (Wildman–Crippen LogP) is 0.493. The maximum Gasteiger partial charge on any atom is 0.243 e. The molecule has 1 aliphatic rings. The van der Waals surface area contributed by atoms with E-state index in [4.69, 9.17) is 0 Å². The van der Waals surface area contributed by atoms with Crippen LogP contribution in [-0.2, 0) is 5.54 Å². The van der Waals surface area contributed by atoms with Crippen molar-refractivity contribution < 1.29 is 28.5 Å². The second kappa shape index (κ2) is 5.56. The molecule has 2 atom stereocenters. The van der Waals surface area contributed by atoms with Gasteiger partial charge in [-0.25, -0.2) is 9.55 Å². The van der Waals surface area contributed by atoms with Crippen LogP contribution < -0.4 is 28.5 Å². The van der Waals surface area contributed by atoms with Gasteiger partial charge in [0.05, 0.1) is 0 Å². The number of aromatic nitrogens is 2. The summed E-state index contributed by atoms with van der Waals surface area (Å²) in [7, 11) is 0. The number of allylic oxidation sites excluding steroid dienone is 5. The Balaban J connectivity index is 0.00000147. The molecule has 3 heteroatoms. The fraction of sp³-hybridized carbons (Fsp3) is 0.235. The van der Waals surface area contributed by atoms with Crippen molar-refractivity contribution in [2.75, 3.05) is 0 Å². The lowest BCUT2D eigenvalue weighted by Gasteiger charge is -2.33. The Morgan fingerprint density at radius 1 is 1.35 bits per heavy atom. The van der Waals surface area contributed by atoms with Crippen LogP contribution in [0.2, 0.25) is 0 Å². The van der Waals surface area contributed by atoms with Gasteiger partial charge in [0.1, 0.15) is 5.54 Å². The summed E-state index contributed by atoms with van der Waals surface area (Å²) in [6, 6.07) is 8.39. The third-order valence-corrected chi connectivity index (χ3v) is 4.18. The number of aromatic amines is 1. The van der Waals surface area contributed by atoms with E-state index in [1.165, 1.54) is 11.1 Å². The van der Waals surface area contributed by atoms with E-state index in [0.29, 0.717) is 5.92 Å². The van der Waals surface area contributed by atoms with Crippen LogP contribution in [0.25, 0.3) is 11.0 Å². The van der Waals surface area contributed by atoms with E-state index < -0.39 is 0 Å². The number of imidazole rings is 1. The van der Waals surface area contributed by atoms with Crippen LogP contribution >= 0.6 is 0 Å². The average Bonchev–Trinajstić information content (AvgIpc) is 2.83. The molecule has 1 aliphatic carbocycles. The van der Waals surface area contributed by atoms with Gasteiger partial charge in [-0.3, -0.25) is 0 Å². The van der Waals surface area contributed by atoms with Crippen LogP contribution in [0.1, 0.15) is 13.8 Å². The molecular weight excluding hydrogens is 359 g/mol. The molecule has 1 aromatic heterocycles. The molecule has 0 saturated heterocycles. The second-order valence-corrected chi connectivity index (χ2v) is 5.37. The zero-order chi connectivity index (χ0) is 13.5. The fourth-order valence-electron chi connectivity index (χ4n) is 3.13. The maximum absolute atomic E-state index is 4.02. The highest BCUT2D eigenvalue weighted by Gasteiger charge is 2.39. The molecule has 0 bridgehead atoms. The largest absolute Gasteiger partial charge is 1.00 e. The Morgan fingerprint density at radius 2 is 2.10 bits per heavy atom. The van der Waals surface area contributed by atoms with Crippen LogP contribution in [-0.4, -0.2) is 4.98 Å². The molecule has 104 valence electrons. The summed E-state index contributed by atoms with van der Waals surface area (Å²) in [5.74, 6) is 0.307. The van der Waals surface area contributed by atoms with Crippen molar-refractivity contribution in [1.29, 1.82) is 0 Å². The van der Waals surface area contributed by atoms with Crippen molar-refractivity contribution in [2.24, 2.45) is 5.92 Å². The minimum absolute atomic E-state index is 0. The Bertz CT molecular complexity index is 696. The lowest BCUT2D eigenvalue weighted by Crippen LogP contribution is -3.00. The molecule has 1 N–H and O–H groups in total. The number of nitrogens with one attached hydrogen (secondary N) is 1. The molecular formula is C17H19IN2. The minimum Gasteiger partial charge on any atom is -1.00 e. The lowest BCUT2D eigenvalue weighted by atomic mass is 9.77. The van der Waals surface area contributed by atoms with E-state index in [-0.39, 0.29) is 29.5 Å². The highest BCUT2D eigenvalue weighted by atomic mass is 127. The van der Waals surface area contributed by atoms with Crippen molar-refractivity contribution in [3.05, 3.63) is 67.0 Å². The quantitative estimate of drug-likeness (QED) is 0.446. The number of halogens is 1. The van der Waals surface area contributed by atoms with Gasteiger partial charge in [0.25, 0.3) is 0 Å². The molecule has 0 spiro atoms. The number of hydrogen-bond acceptors (Lipinski definition) is 0. The van der Waals surface area contributed by atoms with Gasteiger partial charge < -0.3 is 24.0 Å². The van der Waals surface area contributed by atoms with E-state index in [1.54, 1.807) is 0 Å². The molecule has 3 rings (SSSR count). The topological polar surface area (TPSA) is 19.7 Å². The SMILES string of the molecule is C=CC1C(C)=CC=CC1(C)[n+]1c[nH]c2ccccc21.[I-]. The summed E-state index contributed by atoms with van der Waals surface area (Å²) in [6.45, 7) is 8.45. The first-order chi connectivity index (χ1) is 9.16. The third-order valence-electron chi connectivity index (χ3n) is 4.18. The first-order valence-electron chi connectivity index (χ1n) is 6.63. The summed E-state index contributed by atoms with van der Waals surface area (Å²) in [6.07, 6.45) is 10.7. The molecule has 2 nitrogen and oxygen atoms in total. The summed E-state index contributed by atoms with van der Waals surface area (Å²) >= 11 is 0. The standard InChI is InChI=1S/C17H18N2.HI/c1-4-14-13(2)8-7-11-17(14,3)19-12-18-15-9-5-6-10-16(15)19;/h4-12,14H,1H2,2-3H3;1H. The maximum atomic E-state index is 4.02. The molecule has 0 aliphatic heterocycles. The van der Waals surface area contributed by atoms with Crippen LogP contribution in [0.4, 0.5) is 0 Å². The first-order valence-corrected chi connectivity index (χ1v) is 6.63. The minimum atomic E-state index is -0.111. The Morgan fingerprint density at radius 3 is 2.85 bits per heavy atom. The molecule has 2 aromatic rings. The van der Waals surface area contributed by atoms with Crippen LogP contribution in [0, 0.1) is 5.92 Å². The number of para-hydroxylation sites is 2. The number of fused-ring (bicyclic) bond motifs is 1. The van der Waals surface area contributed by atoms with Crippen LogP contribution in [0.15, 0.2) is 67.0 Å². The van der Waals surface area contributed by atoms with Crippen molar-refractivity contribution in [1.82, 2.24) is 4.98 Å². The average molecular weight is 378 g/mol. The summed E-state index contributed by atoms with van der Waals surface area (Å²) in [5, 5.41) is 0. The number of benzene rings is 1. The van der Waals surface area contributed by atoms with E-state index in [9.17, 15) is 0 Å². The van der Waals surface area contributed by atoms with Crippen molar-refractivity contribution in [3.63, 3.8) is 0 Å². The van der Waals surface area contributed by atoms with Gasteiger partial charge in [0.2, 0.25) is 6.33 Å². The van der Waals surface area contributed by atoms with E-state index in [2.05, 4.69) is 78.8 Å². The summed E-state index contributed by atoms with van der Waals surface area (Å²) in [5.41, 5.74) is 3.61. The van der Waals surface area contributed by atoms with E-state index >= 15 is 0 Å². The zero-order valence-electron chi connectivity index (χ0n) is 11.8. The Kier molecular flexibility index (Phi) is 4.18. The van der Waals surface area contributed by atoms with Crippen molar-refractivity contribution >= 4 is 11.0 Å². The third kappa shape index (κ3) is 2.14. The van der Waals surface area contributed by atoms with Crippen molar-refractivity contribution in [2.45, 2.75) is 19.4 Å². The van der Waals surface area contributed by atoms with Crippen molar-refractivity contribution in [3.8, 4) is 0 Å². The first kappa shape index (κ1) is 15.0. The van der Waals surface area contributed by atoms with Gasteiger partial charge >= 0.3 is 0 Å². The van der Waals surface area contributed by atoms with E-state index in [0.717, 1.165) is 5.52 Å². The van der Waals surface area contributed by atoms with Gasteiger partial charge in [-0.15, -0.1) is 6.58 Å². The highest BCUT2D eigenvalue weighted by Crippen LogP contribution is 2.33. The predicted molar refractivity (Wildman–Crippen MR) is 78.7 cm³/mol. The van der Waals surface area contributed by atoms with Gasteiger partial charge in [-0.05, 0) is 32.1 Å². The lowest BCUT2D eigenvalue weighted by molar-refractivity contribution is -0.730. The monoisotopic (exact) mass is 378 g/mol. The number of rotatable bonds is 2. The molecule has 1 heterocycles. The Hall–Kier alpha value is -1.36. The second-order valence-electron chi connectivity index (χ2n) is 5.37. The normalized spacial score (nSPS) is 25.1. The Labute approximate surface area is 136 Å². The molecule has 0 saturated carbocycles. The smallest absolute Gasteiger partial charge is 0.243 e. The zero-order valence-corrected chi connectivity index (χ0v) is 14.0. The van der Waals surface area contributed by atoms with Crippen LogP contribution in [0.5, 0.6) is 0 Å². The highest BCUT2D eigenvalue weighted by molar-refractivity contribution is 5.70. The van der Waals surface area contributed by atoms with Gasteiger partial charge in [0, 0.05) is 5.92 Å². The van der Waals surface area contributed by atoms with Gasteiger partial charge in [-0.2, -0.15) is 0 Å². The molecule has 2 unspecified atom stereocenters. The fourth-order valence-corrected chi connectivity index (χ4v) is 3.13.